The van der Waals surface area contributed by atoms with Crippen LogP contribution in [0.2, 0.25) is 0 Å². The van der Waals surface area contributed by atoms with E-state index in [0.717, 1.165) is 25.2 Å². The maximum Gasteiger partial charge on any atom is 0.264 e. The molecule has 0 aromatic heterocycles. The van der Waals surface area contributed by atoms with Crippen LogP contribution in [0.25, 0.3) is 0 Å². The third-order valence-electron chi connectivity index (χ3n) is 5.61. The molecular weight excluding hydrogens is 499 g/mol. The molecule has 186 valence electrons. The fourth-order valence-corrected chi connectivity index (χ4v) is 5.89. The summed E-state index contributed by atoms with van der Waals surface area (Å²) < 4.78 is 69.5. The third kappa shape index (κ3) is 4.90. The molecule has 1 aliphatic heterocycles. The van der Waals surface area contributed by atoms with Crippen molar-refractivity contribution in [3.05, 3.63) is 57.9 Å². The Morgan fingerprint density at radius 3 is 2.46 bits per heavy atom. The van der Waals surface area contributed by atoms with Crippen LogP contribution < -0.4 is 14.8 Å². The van der Waals surface area contributed by atoms with Gasteiger partial charge in [-0.1, -0.05) is 13.8 Å². The van der Waals surface area contributed by atoms with Crippen molar-refractivity contribution in [3.8, 4) is 6.07 Å². The highest BCUT2D eigenvalue weighted by atomic mass is 32.2. The molecule has 1 unspecified atom stereocenters. The van der Waals surface area contributed by atoms with Gasteiger partial charge in [0.25, 0.3) is 15.9 Å². The number of nitrogens with zero attached hydrogens (tertiary/aromatic N) is 1. The van der Waals surface area contributed by atoms with E-state index < -0.39 is 66.5 Å². The fraction of sp³-hybridized carbons (Fsp3) is 0.318. The highest BCUT2D eigenvalue weighted by molar-refractivity contribution is 7.90. The quantitative estimate of drug-likeness (QED) is 0.551. The molecule has 0 bridgehead atoms. The van der Waals surface area contributed by atoms with E-state index in [9.17, 15) is 31.7 Å². The molecule has 35 heavy (non-hydrogen) atoms. The van der Waals surface area contributed by atoms with Crippen LogP contribution in [0.15, 0.2) is 34.1 Å². The van der Waals surface area contributed by atoms with Crippen LogP contribution in [0.5, 0.6) is 0 Å². The Hall–Kier alpha value is -3.34. The number of carbonyl (C=O) groups is 2. The summed E-state index contributed by atoms with van der Waals surface area (Å²) in [6, 6.07) is 4.87. The lowest BCUT2D eigenvalue weighted by atomic mass is 9.86. The summed E-state index contributed by atoms with van der Waals surface area (Å²) in [5.74, 6) is -3.23. The Balaban J connectivity index is 2.32. The van der Waals surface area contributed by atoms with Gasteiger partial charge in [0.05, 0.1) is 28.5 Å². The summed E-state index contributed by atoms with van der Waals surface area (Å²) >= 11 is 0. The zero-order chi connectivity index (χ0) is 26.3. The Bertz CT molecular complexity index is 1490. The van der Waals surface area contributed by atoms with E-state index in [2.05, 4.69) is 10.0 Å². The number of hydrogen-bond donors (Lipinski definition) is 3. The lowest BCUT2D eigenvalue weighted by Gasteiger charge is -2.23. The average molecular weight is 523 g/mol. The number of fused-ring (bicyclic) bond motifs is 2. The van der Waals surface area contributed by atoms with Crippen LogP contribution >= 0.6 is 0 Å². The summed E-state index contributed by atoms with van der Waals surface area (Å²) in [5, 5.41) is 12.0. The molecule has 3 N–H and O–H groups in total. The first-order valence-electron chi connectivity index (χ1n) is 10.4. The zero-order valence-corrected chi connectivity index (χ0v) is 20.9. The van der Waals surface area contributed by atoms with Crippen molar-refractivity contribution in [2.45, 2.75) is 48.9 Å². The predicted octanol–water partition coefficient (Wildman–Crippen LogP) is 1.58. The van der Waals surface area contributed by atoms with E-state index in [1.807, 2.05) is 4.72 Å². The number of halogens is 1. The molecule has 0 radical (unpaired) electrons. The Morgan fingerprint density at radius 2 is 1.89 bits per heavy atom. The summed E-state index contributed by atoms with van der Waals surface area (Å²) in [6.07, 6.45) is -0.535. The molecule has 0 aliphatic carbocycles. The average Bonchev–Trinajstić information content (AvgIpc) is 2.78. The zero-order valence-electron chi connectivity index (χ0n) is 19.3. The lowest BCUT2D eigenvalue weighted by Crippen LogP contribution is -2.33. The van der Waals surface area contributed by atoms with Crippen LogP contribution in [0.3, 0.4) is 0 Å². The van der Waals surface area contributed by atoms with Gasteiger partial charge in [0.1, 0.15) is 16.8 Å². The highest BCUT2D eigenvalue weighted by Crippen LogP contribution is 2.33. The molecule has 0 saturated heterocycles. The number of sulfonamides is 2. The second-order valence-corrected chi connectivity index (χ2v) is 11.8. The number of carbonyl (C=O) groups excluding carboxylic acids is 2. The first-order valence-corrected chi connectivity index (χ1v) is 13.4. The molecule has 0 saturated carbocycles. The minimum absolute atomic E-state index is 0.0619. The van der Waals surface area contributed by atoms with Crippen molar-refractivity contribution in [1.29, 1.82) is 5.26 Å². The van der Waals surface area contributed by atoms with E-state index in [0.29, 0.717) is 0 Å². The van der Waals surface area contributed by atoms with Crippen LogP contribution in [0.1, 0.15) is 65.3 Å². The molecule has 1 aliphatic rings. The van der Waals surface area contributed by atoms with Crippen molar-refractivity contribution in [1.82, 2.24) is 14.8 Å². The first kappa shape index (κ1) is 26.3. The number of nitrogens with one attached hydrogen (secondary N) is 3. The standard InChI is InChI=1S/C22H23FN4O6S2/c1-11(2)20-16-9-19(28)27-35(32,33)18-6-5-14(34(30,31)25-4)8-17(18)22(29)26-12(3)15(16)7-13(10-24)21(20)23/h5-8,11-12,25H,9H2,1-4H3,(H,26,29)(H,27,28). The largest absolute Gasteiger partial charge is 0.345 e. The van der Waals surface area contributed by atoms with Crippen LogP contribution in [-0.2, 0) is 31.3 Å². The minimum atomic E-state index is -4.61. The molecule has 13 heteroatoms. The Labute approximate surface area is 202 Å². The second kappa shape index (κ2) is 9.37. The Morgan fingerprint density at radius 1 is 1.23 bits per heavy atom. The number of rotatable bonds is 3. The van der Waals surface area contributed by atoms with Crippen molar-refractivity contribution in [2.24, 2.45) is 0 Å². The second-order valence-electron chi connectivity index (χ2n) is 8.25. The van der Waals surface area contributed by atoms with Gasteiger partial charge in [-0.3, -0.25) is 9.59 Å². The molecule has 10 nitrogen and oxygen atoms in total. The molecule has 0 fully saturated rings. The molecule has 2 amide bonds. The molecule has 3 rings (SSSR count). The first-order chi connectivity index (χ1) is 16.2. The number of nitriles is 1. The van der Waals surface area contributed by atoms with Crippen molar-refractivity contribution in [2.75, 3.05) is 7.05 Å². The maximum absolute atomic E-state index is 15.1. The van der Waals surface area contributed by atoms with Crippen molar-refractivity contribution >= 4 is 31.9 Å². The molecule has 2 aromatic rings. The van der Waals surface area contributed by atoms with Gasteiger partial charge in [-0.05, 0) is 60.8 Å². The van der Waals surface area contributed by atoms with Crippen molar-refractivity contribution < 1.29 is 30.8 Å². The van der Waals surface area contributed by atoms with E-state index in [1.165, 1.54) is 13.0 Å². The van der Waals surface area contributed by atoms with Crippen LogP contribution in [0, 0.1) is 17.1 Å². The lowest BCUT2D eigenvalue weighted by molar-refractivity contribution is -0.118. The molecule has 1 atom stereocenters. The normalized spacial score (nSPS) is 17.9. The third-order valence-corrected chi connectivity index (χ3v) is 8.45. The SMILES string of the molecule is CNS(=O)(=O)c1ccc2c(c1)C(=O)NC(C)c1cc(C#N)c(F)c(C(C)C)c1CC(=O)NS2(=O)=O. The van der Waals surface area contributed by atoms with Gasteiger partial charge in [0, 0.05) is 0 Å². The topological polar surface area (TPSA) is 162 Å². The number of amides is 2. The molecule has 1 heterocycles. The van der Waals surface area contributed by atoms with E-state index in [4.69, 9.17) is 0 Å². The number of hydrogen-bond acceptors (Lipinski definition) is 7. The van der Waals surface area contributed by atoms with Crippen LogP contribution in [0.4, 0.5) is 4.39 Å². The van der Waals surface area contributed by atoms with Gasteiger partial charge in [-0.15, -0.1) is 0 Å². The smallest absolute Gasteiger partial charge is 0.264 e. The van der Waals surface area contributed by atoms with E-state index in [-0.39, 0.29) is 27.1 Å². The monoisotopic (exact) mass is 522 g/mol. The Kier molecular flexibility index (Phi) is 7.03. The van der Waals surface area contributed by atoms with E-state index >= 15 is 4.39 Å². The molecule has 0 spiro atoms. The summed E-state index contributed by atoms with van der Waals surface area (Å²) in [6.45, 7) is 4.84. The van der Waals surface area contributed by atoms with Crippen LogP contribution in [-0.4, -0.2) is 35.7 Å². The van der Waals surface area contributed by atoms with Gasteiger partial charge < -0.3 is 5.32 Å². The minimum Gasteiger partial charge on any atom is -0.345 e. The van der Waals surface area contributed by atoms with Gasteiger partial charge in [-0.25, -0.2) is 30.7 Å². The predicted molar refractivity (Wildman–Crippen MR) is 123 cm³/mol. The van der Waals surface area contributed by atoms with Gasteiger partial charge in [0.2, 0.25) is 15.9 Å². The summed E-state index contributed by atoms with van der Waals surface area (Å²) in [7, 11) is -7.48. The van der Waals surface area contributed by atoms with Crippen molar-refractivity contribution in [3.63, 3.8) is 0 Å². The number of benzene rings is 2. The van der Waals surface area contributed by atoms with Gasteiger partial charge in [0.15, 0.2) is 0 Å². The fourth-order valence-electron chi connectivity index (χ4n) is 3.97. The summed E-state index contributed by atoms with van der Waals surface area (Å²) in [5.41, 5.74) is -0.328. The van der Waals surface area contributed by atoms with Gasteiger partial charge in [-0.2, -0.15) is 5.26 Å². The molecule has 2 aromatic carbocycles. The highest BCUT2D eigenvalue weighted by Gasteiger charge is 2.31. The summed E-state index contributed by atoms with van der Waals surface area (Å²) in [4.78, 5) is 25.0. The maximum atomic E-state index is 15.1. The van der Waals surface area contributed by atoms with E-state index in [1.54, 1.807) is 19.9 Å². The molecular formula is C22H23FN4O6S2. The van der Waals surface area contributed by atoms with Gasteiger partial charge >= 0.3 is 0 Å².